The molecule has 2 aromatic rings. The van der Waals surface area contributed by atoms with Crippen molar-refractivity contribution in [3.63, 3.8) is 0 Å². The van der Waals surface area contributed by atoms with Gasteiger partial charge in [0.1, 0.15) is 5.82 Å². The number of amides is 1. The molecule has 0 aromatic heterocycles. The van der Waals surface area contributed by atoms with Crippen molar-refractivity contribution in [1.82, 2.24) is 0 Å². The lowest BCUT2D eigenvalue weighted by atomic mass is 10.2. The van der Waals surface area contributed by atoms with Gasteiger partial charge in [0.05, 0.1) is 10.6 Å². The van der Waals surface area contributed by atoms with Crippen molar-refractivity contribution in [1.29, 1.82) is 5.41 Å². The Morgan fingerprint density at radius 2 is 1.91 bits per heavy atom. The van der Waals surface area contributed by atoms with E-state index in [1.807, 2.05) is 24.3 Å². The number of amidine groups is 1. The van der Waals surface area contributed by atoms with Crippen LogP contribution in [0.25, 0.3) is 6.08 Å². The molecule has 1 aliphatic heterocycles. The first-order valence-electron chi connectivity index (χ1n) is 6.38. The molecule has 0 unspecified atom stereocenters. The van der Waals surface area contributed by atoms with Crippen LogP contribution in [0, 0.1) is 11.2 Å². The number of rotatable bonds is 2. The van der Waals surface area contributed by atoms with E-state index in [-0.39, 0.29) is 16.9 Å². The van der Waals surface area contributed by atoms with E-state index in [0.29, 0.717) is 10.6 Å². The molecule has 0 spiro atoms. The molecule has 1 fully saturated rings. The SMILES string of the molecule is N=C1S/C(=C\c2cccc(Br)c2)C(=O)N1c1ccc(F)cc1. The standard InChI is InChI=1S/C16H10BrFN2OS/c17-11-3-1-2-10(8-11)9-14-15(21)20(16(19)22-14)13-6-4-12(18)5-7-13/h1-9,19H/b14-9-,19-16?. The van der Waals surface area contributed by atoms with E-state index in [9.17, 15) is 9.18 Å². The molecule has 22 heavy (non-hydrogen) atoms. The molecule has 1 heterocycles. The maximum Gasteiger partial charge on any atom is 0.271 e. The molecule has 1 amide bonds. The first kappa shape index (κ1) is 15.0. The highest BCUT2D eigenvalue weighted by atomic mass is 79.9. The molecule has 110 valence electrons. The van der Waals surface area contributed by atoms with Crippen LogP contribution in [0.4, 0.5) is 10.1 Å². The van der Waals surface area contributed by atoms with Crippen molar-refractivity contribution in [3.05, 3.63) is 69.3 Å². The zero-order chi connectivity index (χ0) is 15.7. The molecule has 1 N–H and O–H groups in total. The third kappa shape index (κ3) is 2.98. The van der Waals surface area contributed by atoms with Crippen LogP contribution in [0.1, 0.15) is 5.56 Å². The lowest BCUT2D eigenvalue weighted by Gasteiger charge is -2.13. The van der Waals surface area contributed by atoms with Gasteiger partial charge in [-0.15, -0.1) is 0 Å². The van der Waals surface area contributed by atoms with Crippen molar-refractivity contribution in [2.24, 2.45) is 0 Å². The fraction of sp³-hybridized carbons (Fsp3) is 0. The number of carbonyl (C=O) groups excluding carboxylic acids is 1. The van der Waals surface area contributed by atoms with E-state index in [1.54, 1.807) is 6.08 Å². The Bertz CT molecular complexity index is 789. The van der Waals surface area contributed by atoms with Gasteiger partial charge in [-0.2, -0.15) is 0 Å². The van der Waals surface area contributed by atoms with Gasteiger partial charge in [-0.3, -0.25) is 15.1 Å². The summed E-state index contributed by atoms with van der Waals surface area (Å²) in [6.07, 6.45) is 1.75. The maximum atomic E-state index is 13.0. The number of hydrogen-bond donors (Lipinski definition) is 1. The minimum Gasteiger partial charge on any atom is -0.278 e. The van der Waals surface area contributed by atoms with Crippen LogP contribution in [0.2, 0.25) is 0 Å². The summed E-state index contributed by atoms with van der Waals surface area (Å²) < 4.78 is 13.9. The average molecular weight is 377 g/mol. The average Bonchev–Trinajstić information content (AvgIpc) is 2.75. The fourth-order valence-electron chi connectivity index (χ4n) is 2.06. The first-order valence-corrected chi connectivity index (χ1v) is 7.99. The van der Waals surface area contributed by atoms with E-state index < -0.39 is 0 Å². The minimum absolute atomic E-state index is 0.109. The molecule has 1 aliphatic rings. The number of anilines is 1. The lowest BCUT2D eigenvalue weighted by Crippen LogP contribution is -2.28. The Morgan fingerprint density at radius 1 is 1.18 bits per heavy atom. The summed E-state index contributed by atoms with van der Waals surface area (Å²) in [5, 5.41) is 8.10. The van der Waals surface area contributed by atoms with Crippen molar-refractivity contribution >= 4 is 50.5 Å². The summed E-state index contributed by atoms with van der Waals surface area (Å²) in [6.45, 7) is 0. The van der Waals surface area contributed by atoms with Crippen molar-refractivity contribution in [2.45, 2.75) is 0 Å². The summed E-state index contributed by atoms with van der Waals surface area (Å²) in [5.41, 5.74) is 1.36. The summed E-state index contributed by atoms with van der Waals surface area (Å²) in [7, 11) is 0. The number of hydrogen-bond acceptors (Lipinski definition) is 3. The van der Waals surface area contributed by atoms with Crippen LogP contribution in [-0.2, 0) is 4.79 Å². The highest BCUT2D eigenvalue weighted by Gasteiger charge is 2.33. The summed E-state index contributed by atoms with van der Waals surface area (Å²) in [4.78, 5) is 14.2. The zero-order valence-electron chi connectivity index (χ0n) is 11.2. The summed E-state index contributed by atoms with van der Waals surface area (Å²) >= 11 is 4.48. The van der Waals surface area contributed by atoms with Gasteiger partial charge < -0.3 is 0 Å². The Balaban J connectivity index is 1.93. The molecule has 3 rings (SSSR count). The Hall–Kier alpha value is -1.92. The molecule has 0 bridgehead atoms. The molecule has 0 radical (unpaired) electrons. The van der Waals surface area contributed by atoms with Gasteiger partial charge in [-0.1, -0.05) is 28.1 Å². The maximum absolute atomic E-state index is 13.0. The largest absolute Gasteiger partial charge is 0.278 e. The van der Waals surface area contributed by atoms with Gasteiger partial charge in [0.2, 0.25) is 0 Å². The highest BCUT2D eigenvalue weighted by Crippen LogP contribution is 2.35. The summed E-state index contributed by atoms with van der Waals surface area (Å²) in [5.74, 6) is -0.652. The minimum atomic E-state index is -0.375. The highest BCUT2D eigenvalue weighted by molar-refractivity contribution is 9.10. The van der Waals surface area contributed by atoms with Crippen LogP contribution in [-0.4, -0.2) is 11.1 Å². The van der Waals surface area contributed by atoms with Crippen molar-refractivity contribution in [3.8, 4) is 0 Å². The normalized spacial score (nSPS) is 16.6. The Kier molecular flexibility index (Phi) is 4.13. The second-order valence-electron chi connectivity index (χ2n) is 4.59. The predicted octanol–water partition coefficient (Wildman–Crippen LogP) is 4.64. The van der Waals surface area contributed by atoms with E-state index in [1.165, 1.54) is 29.2 Å². The second-order valence-corrected chi connectivity index (χ2v) is 6.53. The smallest absolute Gasteiger partial charge is 0.271 e. The molecular weight excluding hydrogens is 367 g/mol. The van der Waals surface area contributed by atoms with Gasteiger partial charge >= 0.3 is 0 Å². The van der Waals surface area contributed by atoms with Crippen LogP contribution in [0.3, 0.4) is 0 Å². The quantitative estimate of drug-likeness (QED) is 0.775. The third-order valence-corrected chi connectivity index (χ3v) is 4.44. The molecule has 0 atom stereocenters. The van der Waals surface area contributed by atoms with E-state index in [0.717, 1.165) is 21.8 Å². The van der Waals surface area contributed by atoms with Crippen LogP contribution in [0.5, 0.6) is 0 Å². The lowest BCUT2D eigenvalue weighted by molar-refractivity contribution is -0.113. The molecular formula is C16H10BrFN2OS. The molecule has 3 nitrogen and oxygen atoms in total. The first-order chi connectivity index (χ1) is 10.5. The van der Waals surface area contributed by atoms with E-state index in [2.05, 4.69) is 15.9 Å². The zero-order valence-corrected chi connectivity index (χ0v) is 13.6. The summed E-state index contributed by atoms with van der Waals surface area (Å²) in [6, 6.07) is 13.1. The Labute approximate surface area is 139 Å². The predicted molar refractivity (Wildman–Crippen MR) is 91.3 cm³/mol. The monoisotopic (exact) mass is 376 g/mol. The van der Waals surface area contributed by atoms with E-state index >= 15 is 0 Å². The fourth-order valence-corrected chi connectivity index (χ4v) is 3.34. The molecule has 0 saturated carbocycles. The topological polar surface area (TPSA) is 44.2 Å². The van der Waals surface area contributed by atoms with Gasteiger partial charge in [0, 0.05) is 4.47 Å². The number of benzene rings is 2. The van der Waals surface area contributed by atoms with Gasteiger partial charge in [0.15, 0.2) is 5.17 Å². The van der Waals surface area contributed by atoms with Crippen LogP contribution >= 0.6 is 27.7 Å². The second kappa shape index (κ2) is 6.06. The number of halogens is 2. The van der Waals surface area contributed by atoms with Crippen LogP contribution in [0.15, 0.2) is 57.9 Å². The van der Waals surface area contributed by atoms with Crippen molar-refractivity contribution in [2.75, 3.05) is 4.90 Å². The van der Waals surface area contributed by atoms with Gasteiger partial charge in [-0.25, -0.2) is 4.39 Å². The van der Waals surface area contributed by atoms with E-state index in [4.69, 9.17) is 5.41 Å². The molecule has 0 aliphatic carbocycles. The van der Waals surface area contributed by atoms with Gasteiger partial charge in [0.25, 0.3) is 5.91 Å². The Morgan fingerprint density at radius 3 is 2.59 bits per heavy atom. The third-order valence-electron chi connectivity index (χ3n) is 3.05. The number of thioether (sulfide) groups is 1. The van der Waals surface area contributed by atoms with Crippen LogP contribution < -0.4 is 4.90 Å². The molecule has 1 saturated heterocycles. The number of nitrogens with one attached hydrogen (secondary N) is 1. The molecule has 2 aromatic carbocycles. The number of carbonyl (C=O) groups is 1. The number of nitrogens with zero attached hydrogens (tertiary/aromatic N) is 1. The van der Waals surface area contributed by atoms with Gasteiger partial charge in [-0.05, 0) is 59.8 Å². The van der Waals surface area contributed by atoms with Crippen molar-refractivity contribution < 1.29 is 9.18 Å². The molecule has 6 heteroatoms.